The SMILES string of the molecule is Cc1onc(-c2ccccn2)c1C(=O)NCc1cnn2c1CCCC2. The quantitative estimate of drug-likeness (QED) is 0.790. The Bertz CT molecular complexity index is 898. The van der Waals surface area contributed by atoms with Crippen molar-refractivity contribution in [2.45, 2.75) is 39.3 Å². The van der Waals surface area contributed by atoms with Gasteiger partial charge in [-0.2, -0.15) is 5.10 Å². The average Bonchev–Trinajstić information content (AvgIpc) is 3.24. The Morgan fingerprint density at radius 1 is 1.36 bits per heavy atom. The molecule has 7 heteroatoms. The second-order valence-electron chi connectivity index (χ2n) is 6.16. The first-order valence-electron chi connectivity index (χ1n) is 8.43. The van der Waals surface area contributed by atoms with Gasteiger partial charge in [-0.05, 0) is 38.3 Å². The molecule has 0 saturated heterocycles. The number of aromatic nitrogens is 4. The number of aryl methyl sites for hydroxylation is 2. The summed E-state index contributed by atoms with van der Waals surface area (Å²) in [5.74, 6) is 0.269. The summed E-state index contributed by atoms with van der Waals surface area (Å²) >= 11 is 0. The third kappa shape index (κ3) is 2.93. The molecule has 0 atom stereocenters. The highest BCUT2D eigenvalue weighted by atomic mass is 16.5. The molecule has 3 aromatic heterocycles. The van der Waals surface area contributed by atoms with Gasteiger partial charge in [0.2, 0.25) is 0 Å². The summed E-state index contributed by atoms with van der Waals surface area (Å²) in [6.45, 7) is 3.13. The number of fused-ring (bicyclic) bond motifs is 1. The van der Waals surface area contributed by atoms with Crippen molar-refractivity contribution in [2.24, 2.45) is 0 Å². The second kappa shape index (κ2) is 6.51. The molecule has 0 aromatic carbocycles. The molecule has 25 heavy (non-hydrogen) atoms. The molecule has 4 heterocycles. The summed E-state index contributed by atoms with van der Waals surface area (Å²) in [4.78, 5) is 17.0. The number of carbonyl (C=O) groups is 1. The fourth-order valence-corrected chi connectivity index (χ4v) is 3.21. The first-order valence-corrected chi connectivity index (χ1v) is 8.43. The minimum Gasteiger partial charge on any atom is -0.360 e. The van der Waals surface area contributed by atoms with Gasteiger partial charge in [-0.15, -0.1) is 0 Å². The van der Waals surface area contributed by atoms with Crippen LogP contribution in [0.3, 0.4) is 0 Å². The number of rotatable bonds is 4. The molecule has 0 unspecified atom stereocenters. The second-order valence-corrected chi connectivity index (χ2v) is 6.16. The highest BCUT2D eigenvalue weighted by Gasteiger charge is 2.23. The van der Waals surface area contributed by atoms with Gasteiger partial charge in [0.25, 0.3) is 5.91 Å². The number of hydrogen-bond acceptors (Lipinski definition) is 5. The van der Waals surface area contributed by atoms with Gasteiger partial charge < -0.3 is 9.84 Å². The number of nitrogens with zero attached hydrogens (tertiary/aromatic N) is 4. The van der Waals surface area contributed by atoms with Crippen molar-refractivity contribution in [2.75, 3.05) is 0 Å². The molecule has 1 N–H and O–H groups in total. The predicted octanol–water partition coefficient (Wildman–Crippen LogP) is 2.51. The monoisotopic (exact) mass is 337 g/mol. The Labute approximate surface area is 145 Å². The number of hydrogen-bond donors (Lipinski definition) is 1. The van der Waals surface area contributed by atoms with Crippen LogP contribution in [0.25, 0.3) is 11.4 Å². The van der Waals surface area contributed by atoms with Crippen molar-refractivity contribution < 1.29 is 9.32 Å². The summed E-state index contributed by atoms with van der Waals surface area (Å²) in [6, 6.07) is 5.48. The number of pyridine rings is 1. The smallest absolute Gasteiger partial charge is 0.257 e. The molecule has 1 aliphatic rings. The van der Waals surface area contributed by atoms with Crippen LogP contribution < -0.4 is 5.32 Å². The van der Waals surface area contributed by atoms with Crippen LogP contribution in [-0.2, 0) is 19.5 Å². The number of amides is 1. The number of nitrogens with one attached hydrogen (secondary N) is 1. The molecule has 128 valence electrons. The highest BCUT2D eigenvalue weighted by Crippen LogP contribution is 2.24. The Balaban J connectivity index is 1.54. The van der Waals surface area contributed by atoms with E-state index in [-0.39, 0.29) is 5.91 Å². The molecule has 7 nitrogen and oxygen atoms in total. The van der Waals surface area contributed by atoms with E-state index in [2.05, 4.69) is 20.6 Å². The van der Waals surface area contributed by atoms with E-state index in [1.807, 2.05) is 29.1 Å². The van der Waals surface area contributed by atoms with Crippen LogP contribution in [0.4, 0.5) is 0 Å². The Hall–Kier alpha value is -2.96. The van der Waals surface area contributed by atoms with E-state index < -0.39 is 0 Å². The first kappa shape index (κ1) is 15.6. The fourth-order valence-electron chi connectivity index (χ4n) is 3.21. The lowest BCUT2D eigenvalue weighted by molar-refractivity contribution is 0.0950. The van der Waals surface area contributed by atoms with E-state index in [0.29, 0.717) is 29.3 Å². The van der Waals surface area contributed by atoms with Crippen molar-refractivity contribution in [3.8, 4) is 11.4 Å². The standard InChI is InChI=1S/C18H19N5O2/c1-12-16(17(22-25-12)14-6-2-4-8-19-14)18(24)20-10-13-11-21-23-9-5-3-7-15(13)23/h2,4,6,8,11H,3,5,7,9-10H2,1H3,(H,20,24). The van der Waals surface area contributed by atoms with E-state index >= 15 is 0 Å². The fraction of sp³-hybridized carbons (Fsp3) is 0.333. The average molecular weight is 337 g/mol. The molecule has 0 spiro atoms. The van der Waals surface area contributed by atoms with Crippen LogP contribution in [0.2, 0.25) is 0 Å². The lowest BCUT2D eigenvalue weighted by atomic mass is 10.1. The summed E-state index contributed by atoms with van der Waals surface area (Å²) in [5, 5.41) is 11.4. The minimum atomic E-state index is -0.213. The molecule has 0 radical (unpaired) electrons. The van der Waals surface area contributed by atoms with Gasteiger partial charge in [-0.3, -0.25) is 14.5 Å². The van der Waals surface area contributed by atoms with Gasteiger partial charge in [-0.25, -0.2) is 0 Å². The lowest BCUT2D eigenvalue weighted by Crippen LogP contribution is -2.24. The topological polar surface area (TPSA) is 85.8 Å². The Morgan fingerprint density at radius 3 is 3.12 bits per heavy atom. The van der Waals surface area contributed by atoms with Crippen molar-refractivity contribution >= 4 is 5.91 Å². The molecule has 0 bridgehead atoms. The zero-order chi connectivity index (χ0) is 17.2. The van der Waals surface area contributed by atoms with Crippen molar-refractivity contribution in [1.82, 2.24) is 25.2 Å². The summed E-state index contributed by atoms with van der Waals surface area (Å²) in [5.41, 5.74) is 3.81. The van der Waals surface area contributed by atoms with Gasteiger partial charge in [0.15, 0.2) is 0 Å². The van der Waals surface area contributed by atoms with E-state index in [9.17, 15) is 4.79 Å². The van der Waals surface area contributed by atoms with Crippen LogP contribution in [-0.4, -0.2) is 25.8 Å². The predicted molar refractivity (Wildman–Crippen MR) is 90.8 cm³/mol. The van der Waals surface area contributed by atoms with Crippen molar-refractivity contribution in [3.05, 3.63) is 53.2 Å². The summed E-state index contributed by atoms with van der Waals surface area (Å²) < 4.78 is 7.27. The first-order chi connectivity index (χ1) is 12.2. The van der Waals surface area contributed by atoms with Gasteiger partial charge in [-0.1, -0.05) is 11.2 Å². The van der Waals surface area contributed by atoms with Gasteiger partial charge >= 0.3 is 0 Å². The van der Waals surface area contributed by atoms with E-state index in [0.717, 1.165) is 24.9 Å². The Kier molecular flexibility index (Phi) is 4.05. The molecule has 0 aliphatic carbocycles. The van der Waals surface area contributed by atoms with Gasteiger partial charge in [0, 0.05) is 30.5 Å². The zero-order valence-electron chi connectivity index (χ0n) is 14.0. The van der Waals surface area contributed by atoms with Crippen LogP contribution >= 0.6 is 0 Å². The molecule has 1 amide bonds. The van der Waals surface area contributed by atoms with Crippen molar-refractivity contribution in [3.63, 3.8) is 0 Å². The molecule has 4 rings (SSSR count). The molecular formula is C18H19N5O2. The third-order valence-corrected chi connectivity index (χ3v) is 4.51. The maximum Gasteiger partial charge on any atom is 0.257 e. The largest absolute Gasteiger partial charge is 0.360 e. The molecule has 0 saturated carbocycles. The molecule has 0 fully saturated rings. The van der Waals surface area contributed by atoms with Crippen LogP contribution in [0.5, 0.6) is 0 Å². The van der Waals surface area contributed by atoms with Crippen LogP contribution in [0.15, 0.2) is 35.1 Å². The maximum atomic E-state index is 12.7. The third-order valence-electron chi connectivity index (χ3n) is 4.51. The van der Waals surface area contributed by atoms with E-state index in [1.54, 1.807) is 13.1 Å². The number of carbonyl (C=O) groups excluding carboxylic acids is 1. The Morgan fingerprint density at radius 2 is 2.28 bits per heavy atom. The normalized spacial score (nSPS) is 13.5. The molecular weight excluding hydrogens is 318 g/mol. The van der Waals surface area contributed by atoms with Gasteiger partial charge in [0.1, 0.15) is 17.0 Å². The van der Waals surface area contributed by atoms with E-state index in [4.69, 9.17) is 4.52 Å². The minimum absolute atomic E-state index is 0.213. The van der Waals surface area contributed by atoms with E-state index in [1.165, 1.54) is 12.1 Å². The lowest BCUT2D eigenvalue weighted by Gasteiger charge is -2.14. The van der Waals surface area contributed by atoms with Crippen molar-refractivity contribution in [1.29, 1.82) is 0 Å². The zero-order valence-corrected chi connectivity index (χ0v) is 14.0. The maximum absolute atomic E-state index is 12.7. The molecule has 3 aromatic rings. The van der Waals surface area contributed by atoms with Gasteiger partial charge in [0.05, 0.1) is 11.9 Å². The van der Waals surface area contributed by atoms with Crippen LogP contribution in [0, 0.1) is 6.92 Å². The highest BCUT2D eigenvalue weighted by molar-refractivity contribution is 6.00. The van der Waals surface area contributed by atoms with Crippen LogP contribution in [0.1, 0.15) is 40.2 Å². The summed E-state index contributed by atoms with van der Waals surface area (Å²) in [7, 11) is 0. The summed E-state index contributed by atoms with van der Waals surface area (Å²) in [6.07, 6.45) is 6.85. The molecule has 1 aliphatic heterocycles.